The van der Waals surface area contributed by atoms with Crippen molar-refractivity contribution in [2.24, 2.45) is 0 Å². The Hall–Kier alpha value is -3.32. The molecule has 0 spiro atoms. The fourth-order valence-electron chi connectivity index (χ4n) is 2.85. The van der Waals surface area contributed by atoms with Crippen LogP contribution in [0.2, 0.25) is 0 Å². The number of hydrogen-bond acceptors (Lipinski definition) is 5. The zero-order valence-electron chi connectivity index (χ0n) is 14.4. The van der Waals surface area contributed by atoms with E-state index < -0.39 is 0 Å². The Kier molecular flexibility index (Phi) is 5.02. The Morgan fingerprint density at radius 2 is 1.78 bits per heavy atom. The third kappa shape index (κ3) is 4.09. The highest BCUT2D eigenvalue weighted by Crippen LogP contribution is 2.20. The molecule has 0 aliphatic carbocycles. The number of hydrogen-bond donors (Lipinski definition) is 1. The molecule has 0 saturated carbocycles. The van der Waals surface area contributed by atoms with Crippen LogP contribution in [0.5, 0.6) is 0 Å². The first kappa shape index (κ1) is 17.1. The van der Waals surface area contributed by atoms with E-state index in [-0.39, 0.29) is 5.91 Å². The van der Waals surface area contributed by atoms with Gasteiger partial charge in [0.2, 0.25) is 0 Å². The van der Waals surface area contributed by atoms with Crippen LogP contribution in [0.25, 0.3) is 11.1 Å². The van der Waals surface area contributed by atoms with Crippen molar-refractivity contribution in [3.63, 3.8) is 0 Å². The molecule has 0 aliphatic heterocycles. The Bertz CT molecular complexity index is 983. The third-order valence-electron chi connectivity index (χ3n) is 4.22. The van der Waals surface area contributed by atoms with E-state index in [0.29, 0.717) is 18.8 Å². The molecule has 27 heavy (non-hydrogen) atoms. The number of H-pyrrole nitrogens is 1. The molecule has 4 aromatic rings. The maximum Gasteiger partial charge on any atom is 0.275 e. The summed E-state index contributed by atoms with van der Waals surface area (Å²) >= 11 is 1.17. The maximum absolute atomic E-state index is 12.8. The van der Waals surface area contributed by atoms with Gasteiger partial charge in [-0.3, -0.25) is 4.79 Å². The van der Waals surface area contributed by atoms with Gasteiger partial charge in [0.1, 0.15) is 0 Å². The second-order valence-electron chi connectivity index (χ2n) is 6.09. The van der Waals surface area contributed by atoms with E-state index in [1.165, 1.54) is 17.1 Å². The summed E-state index contributed by atoms with van der Waals surface area (Å²) in [6.07, 6.45) is 3.33. The van der Waals surface area contributed by atoms with Crippen molar-refractivity contribution < 1.29 is 4.79 Å². The number of carbonyl (C=O) groups excluding carboxylic acids is 1. The number of aromatic amines is 1. The van der Waals surface area contributed by atoms with Crippen molar-refractivity contribution in [1.29, 1.82) is 0 Å². The number of aromatic nitrogens is 4. The highest BCUT2D eigenvalue weighted by atomic mass is 32.1. The first-order valence-electron chi connectivity index (χ1n) is 8.47. The largest absolute Gasteiger partial charge is 0.347 e. The molecule has 0 aliphatic rings. The summed E-state index contributed by atoms with van der Waals surface area (Å²) in [5.41, 5.74) is 4.59. The van der Waals surface area contributed by atoms with Crippen LogP contribution < -0.4 is 0 Å². The summed E-state index contributed by atoms with van der Waals surface area (Å²) in [5.74, 6) is -0.148. The smallest absolute Gasteiger partial charge is 0.275 e. The van der Waals surface area contributed by atoms with E-state index in [1.807, 2.05) is 18.2 Å². The lowest BCUT2D eigenvalue weighted by Gasteiger charge is -2.21. The van der Waals surface area contributed by atoms with Crippen LogP contribution in [0.15, 0.2) is 72.5 Å². The Labute approximate surface area is 160 Å². The molecule has 0 saturated heterocycles. The van der Waals surface area contributed by atoms with Gasteiger partial charge in [0, 0.05) is 18.1 Å². The molecule has 134 valence electrons. The van der Waals surface area contributed by atoms with E-state index in [2.05, 4.69) is 56.0 Å². The van der Waals surface area contributed by atoms with Gasteiger partial charge in [0.15, 0.2) is 5.69 Å². The van der Waals surface area contributed by atoms with Crippen LogP contribution in [-0.4, -0.2) is 30.4 Å². The van der Waals surface area contributed by atoms with Gasteiger partial charge in [0.25, 0.3) is 5.91 Å². The minimum atomic E-state index is -0.148. The first-order chi connectivity index (χ1) is 13.3. The molecule has 0 atom stereocenters. The predicted molar refractivity (Wildman–Crippen MR) is 104 cm³/mol. The molecule has 0 bridgehead atoms. The molecule has 0 radical (unpaired) electrons. The molecular weight excluding hydrogens is 358 g/mol. The number of rotatable bonds is 6. The highest BCUT2D eigenvalue weighted by Gasteiger charge is 2.19. The zero-order chi connectivity index (χ0) is 18.5. The van der Waals surface area contributed by atoms with Gasteiger partial charge < -0.3 is 9.88 Å². The van der Waals surface area contributed by atoms with Crippen LogP contribution in [0.3, 0.4) is 0 Å². The third-order valence-corrected chi connectivity index (χ3v) is 4.72. The molecule has 4 rings (SSSR count). The van der Waals surface area contributed by atoms with E-state index in [9.17, 15) is 4.79 Å². The molecule has 1 amide bonds. The van der Waals surface area contributed by atoms with Crippen molar-refractivity contribution in [1.82, 2.24) is 24.5 Å². The minimum Gasteiger partial charge on any atom is -0.347 e. The Morgan fingerprint density at radius 1 is 1.00 bits per heavy atom. The Balaban J connectivity index is 1.54. The quantitative estimate of drug-likeness (QED) is 0.557. The molecule has 2 aromatic carbocycles. The molecule has 2 aromatic heterocycles. The molecule has 0 fully saturated rings. The maximum atomic E-state index is 12.8. The Morgan fingerprint density at radius 3 is 2.44 bits per heavy atom. The zero-order valence-corrected chi connectivity index (χ0v) is 15.3. The molecular formula is C20H17N5OS. The van der Waals surface area contributed by atoms with Crippen LogP contribution in [0, 0.1) is 0 Å². The van der Waals surface area contributed by atoms with Gasteiger partial charge >= 0.3 is 0 Å². The number of nitrogens with one attached hydrogen (secondary N) is 1. The minimum absolute atomic E-state index is 0.148. The van der Waals surface area contributed by atoms with E-state index in [0.717, 1.165) is 16.8 Å². The van der Waals surface area contributed by atoms with Crippen LogP contribution >= 0.6 is 11.5 Å². The average molecular weight is 375 g/mol. The monoisotopic (exact) mass is 375 g/mol. The lowest BCUT2D eigenvalue weighted by Crippen LogP contribution is -2.30. The van der Waals surface area contributed by atoms with Gasteiger partial charge in [-0.2, -0.15) is 0 Å². The van der Waals surface area contributed by atoms with Crippen molar-refractivity contribution >= 4 is 17.4 Å². The van der Waals surface area contributed by atoms with Crippen molar-refractivity contribution in [2.45, 2.75) is 13.1 Å². The fourth-order valence-corrected chi connectivity index (χ4v) is 3.28. The number of amides is 1. The lowest BCUT2D eigenvalue weighted by molar-refractivity contribution is 0.0722. The molecule has 7 heteroatoms. The molecule has 0 unspecified atom stereocenters. The number of nitrogens with zero attached hydrogens (tertiary/aromatic N) is 4. The van der Waals surface area contributed by atoms with Crippen molar-refractivity contribution in [2.75, 3.05) is 0 Å². The summed E-state index contributed by atoms with van der Waals surface area (Å²) in [6, 6.07) is 18.5. The van der Waals surface area contributed by atoms with E-state index in [4.69, 9.17) is 0 Å². The SMILES string of the molecule is O=C(c1csnn1)N(Cc1ccc(-c2ccccc2)cc1)Cc1cnc[nH]1. The van der Waals surface area contributed by atoms with E-state index in [1.54, 1.807) is 22.8 Å². The topological polar surface area (TPSA) is 74.8 Å². The second-order valence-corrected chi connectivity index (χ2v) is 6.70. The predicted octanol–water partition coefficient (Wildman–Crippen LogP) is 3.77. The number of carbonyl (C=O) groups is 1. The average Bonchev–Trinajstić information content (AvgIpc) is 3.42. The van der Waals surface area contributed by atoms with Gasteiger partial charge in [0.05, 0.1) is 18.6 Å². The standard InChI is InChI=1S/C20H17N5OS/c26-20(19-13-27-24-23-19)25(12-18-10-21-14-22-18)11-15-6-8-17(9-7-15)16-4-2-1-3-5-16/h1-10,13-14H,11-12H2,(H,21,22). The summed E-state index contributed by atoms with van der Waals surface area (Å²) in [6.45, 7) is 0.904. The first-order valence-corrected chi connectivity index (χ1v) is 9.31. The lowest BCUT2D eigenvalue weighted by atomic mass is 10.0. The van der Waals surface area contributed by atoms with Gasteiger partial charge in [-0.25, -0.2) is 4.98 Å². The summed E-state index contributed by atoms with van der Waals surface area (Å²) in [7, 11) is 0. The normalized spacial score (nSPS) is 10.7. The van der Waals surface area contributed by atoms with Gasteiger partial charge in [-0.05, 0) is 28.2 Å². The van der Waals surface area contributed by atoms with Crippen LogP contribution in [0.4, 0.5) is 0 Å². The van der Waals surface area contributed by atoms with Gasteiger partial charge in [-0.1, -0.05) is 59.1 Å². The molecule has 6 nitrogen and oxygen atoms in total. The van der Waals surface area contributed by atoms with Crippen molar-refractivity contribution in [3.05, 3.63) is 89.5 Å². The second kappa shape index (κ2) is 7.92. The van der Waals surface area contributed by atoms with Crippen LogP contribution in [0.1, 0.15) is 21.7 Å². The fraction of sp³-hybridized carbons (Fsp3) is 0.100. The molecule has 2 heterocycles. The van der Waals surface area contributed by atoms with Crippen LogP contribution in [-0.2, 0) is 13.1 Å². The summed E-state index contributed by atoms with van der Waals surface area (Å²) in [5, 5.41) is 5.58. The van der Waals surface area contributed by atoms with Crippen molar-refractivity contribution in [3.8, 4) is 11.1 Å². The number of benzene rings is 2. The number of imidazole rings is 1. The van der Waals surface area contributed by atoms with E-state index >= 15 is 0 Å². The summed E-state index contributed by atoms with van der Waals surface area (Å²) in [4.78, 5) is 21.6. The summed E-state index contributed by atoms with van der Waals surface area (Å²) < 4.78 is 3.80. The highest BCUT2D eigenvalue weighted by molar-refractivity contribution is 7.03. The molecule has 1 N–H and O–H groups in total. The van der Waals surface area contributed by atoms with Gasteiger partial charge in [-0.15, -0.1) is 5.10 Å².